The predicted octanol–water partition coefficient (Wildman–Crippen LogP) is 3.52. The van der Waals surface area contributed by atoms with Crippen LogP contribution in [0.25, 0.3) is 10.9 Å². The topological polar surface area (TPSA) is 91.3 Å². The van der Waals surface area contributed by atoms with E-state index in [0.717, 1.165) is 5.39 Å². The van der Waals surface area contributed by atoms with E-state index < -0.39 is 4.92 Å². The molecule has 0 spiro atoms. The molecular formula is C15H11N3O3. The summed E-state index contributed by atoms with van der Waals surface area (Å²) in [6, 6.07) is 13.4. The second-order valence-electron chi connectivity index (χ2n) is 4.45. The van der Waals surface area contributed by atoms with Gasteiger partial charge < -0.3 is 10.5 Å². The van der Waals surface area contributed by atoms with Crippen LogP contribution >= 0.6 is 0 Å². The van der Waals surface area contributed by atoms with Crippen LogP contribution in [-0.4, -0.2) is 9.91 Å². The lowest BCUT2D eigenvalue weighted by Crippen LogP contribution is -1.94. The van der Waals surface area contributed by atoms with Crippen LogP contribution < -0.4 is 10.5 Å². The molecule has 0 aliphatic heterocycles. The third-order valence-electron chi connectivity index (χ3n) is 2.95. The number of nitro groups is 1. The monoisotopic (exact) mass is 281 g/mol. The summed E-state index contributed by atoms with van der Waals surface area (Å²) in [6.45, 7) is 0. The molecule has 0 saturated carbocycles. The minimum Gasteiger partial charge on any atom is -0.455 e. The van der Waals surface area contributed by atoms with Gasteiger partial charge in [-0.2, -0.15) is 0 Å². The molecule has 0 aliphatic carbocycles. The number of hydrogen-bond acceptors (Lipinski definition) is 5. The SMILES string of the molecule is Nc1cc(Oc2cccc3cccnc23)cc([N+](=O)[O-])c1. The van der Waals surface area contributed by atoms with Crippen LogP contribution in [0.15, 0.2) is 54.7 Å². The number of nitrogens with zero attached hydrogens (tertiary/aromatic N) is 2. The molecule has 2 aromatic carbocycles. The van der Waals surface area contributed by atoms with Gasteiger partial charge in [-0.15, -0.1) is 0 Å². The lowest BCUT2D eigenvalue weighted by atomic mass is 10.2. The standard InChI is InChI=1S/C15H11N3O3/c16-11-7-12(18(19)20)9-13(8-11)21-14-5-1-3-10-4-2-6-17-15(10)14/h1-9H,16H2. The number of benzene rings is 2. The summed E-state index contributed by atoms with van der Waals surface area (Å²) in [7, 11) is 0. The number of nitrogens with two attached hydrogens (primary N) is 1. The molecule has 6 heteroatoms. The third-order valence-corrected chi connectivity index (χ3v) is 2.95. The Morgan fingerprint density at radius 1 is 1.14 bits per heavy atom. The Bertz CT molecular complexity index is 828. The van der Waals surface area contributed by atoms with Gasteiger partial charge in [-0.3, -0.25) is 15.1 Å². The summed E-state index contributed by atoms with van der Waals surface area (Å²) in [4.78, 5) is 14.6. The first-order valence-electron chi connectivity index (χ1n) is 6.20. The van der Waals surface area contributed by atoms with E-state index in [4.69, 9.17) is 10.5 Å². The first-order valence-corrected chi connectivity index (χ1v) is 6.20. The highest BCUT2D eigenvalue weighted by atomic mass is 16.6. The summed E-state index contributed by atoms with van der Waals surface area (Å²) in [5.74, 6) is 0.827. The maximum absolute atomic E-state index is 10.9. The normalized spacial score (nSPS) is 10.5. The van der Waals surface area contributed by atoms with Crippen molar-refractivity contribution in [1.82, 2.24) is 4.98 Å². The molecule has 3 aromatic rings. The number of para-hydroxylation sites is 1. The van der Waals surface area contributed by atoms with E-state index in [-0.39, 0.29) is 11.4 Å². The lowest BCUT2D eigenvalue weighted by molar-refractivity contribution is -0.384. The Hall–Kier alpha value is -3.15. The number of fused-ring (bicyclic) bond motifs is 1. The summed E-state index contributed by atoms with van der Waals surface area (Å²) in [6.07, 6.45) is 1.66. The number of nitro benzene ring substituents is 1. The molecule has 104 valence electrons. The second kappa shape index (κ2) is 5.09. The summed E-state index contributed by atoms with van der Waals surface area (Å²) in [5.41, 5.74) is 6.51. The average molecular weight is 281 g/mol. The van der Waals surface area contributed by atoms with E-state index in [1.807, 2.05) is 24.3 Å². The van der Waals surface area contributed by atoms with Gasteiger partial charge in [-0.25, -0.2) is 0 Å². The van der Waals surface area contributed by atoms with Crippen LogP contribution in [-0.2, 0) is 0 Å². The van der Waals surface area contributed by atoms with E-state index in [1.165, 1.54) is 18.2 Å². The lowest BCUT2D eigenvalue weighted by Gasteiger charge is -2.08. The quantitative estimate of drug-likeness (QED) is 0.450. The van der Waals surface area contributed by atoms with Crippen molar-refractivity contribution in [1.29, 1.82) is 0 Å². The summed E-state index contributed by atoms with van der Waals surface area (Å²) < 4.78 is 5.72. The fraction of sp³-hybridized carbons (Fsp3) is 0. The largest absolute Gasteiger partial charge is 0.455 e. The van der Waals surface area contributed by atoms with E-state index >= 15 is 0 Å². The highest BCUT2D eigenvalue weighted by Gasteiger charge is 2.11. The Morgan fingerprint density at radius 3 is 2.76 bits per heavy atom. The van der Waals surface area contributed by atoms with Crippen LogP contribution in [0.1, 0.15) is 0 Å². The Labute approximate surface area is 119 Å². The van der Waals surface area contributed by atoms with Crippen molar-refractivity contribution < 1.29 is 9.66 Å². The fourth-order valence-electron chi connectivity index (χ4n) is 2.06. The summed E-state index contributed by atoms with van der Waals surface area (Å²) >= 11 is 0. The minimum atomic E-state index is -0.509. The number of rotatable bonds is 3. The van der Waals surface area contributed by atoms with Gasteiger partial charge in [0.1, 0.15) is 11.3 Å². The fourth-order valence-corrected chi connectivity index (χ4v) is 2.06. The highest BCUT2D eigenvalue weighted by Crippen LogP contribution is 2.31. The molecule has 2 N–H and O–H groups in total. The van der Waals surface area contributed by atoms with Crippen molar-refractivity contribution in [3.8, 4) is 11.5 Å². The molecule has 1 heterocycles. The average Bonchev–Trinajstić information content (AvgIpc) is 2.47. The molecule has 21 heavy (non-hydrogen) atoms. The van der Waals surface area contributed by atoms with Crippen LogP contribution in [0.5, 0.6) is 11.5 Å². The molecule has 0 fully saturated rings. The first-order chi connectivity index (χ1) is 10.1. The van der Waals surface area contributed by atoms with E-state index in [9.17, 15) is 10.1 Å². The molecule has 0 atom stereocenters. The smallest absolute Gasteiger partial charge is 0.275 e. The number of pyridine rings is 1. The first kappa shape index (κ1) is 12.9. The molecule has 0 unspecified atom stereocenters. The van der Waals surface area contributed by atoms with E-state index in [2.05, 4.69) is 4.98 Å². The maximum Gasteiger partial charge on any atom is 0.275 e. The van der Waals surface area contributed by atoms with Gasteiger partial charge in [0.25, 0.3) is 5.69 Å². The van der Waals surface area contributed by atoms with Gasteiger partial charge in [0.2, 0.25) is 0 Å². The van der Waals surface area contributed by atoms with Gasteiger partial charge in [-0.1, -0.05) is 18.2 Å². The van der Waals surface area contributed by atoms with E-state index in [1.54, 1.807) is 12.3 Å². The number of aromatic nitrogens is 1. The van der Waals surface area contributed by atoms with E-state index in [0.29, 0.717) is 17.0 Å². The zero-order valence-electron chi connectivity index (χ0n) is 10.9. The highest BCUT2D eigenvalue weighted by molar-refractivity contribution is 5.84. The number of ether oxygens (including phenoxy) is 1. The molecule has 0 amide bonds. The number of non-ortho nitro benzene ring substituents is 1. The maximum atomic E-state index is 10.9. The zero-order valence-corrected chi connectivity index (χ0v) is 10.9. The van der Waals surface area contributed by atoms with Gasteiger partial charge >= 0.3 is 0 Å². The van der Waals surface area contributed by atoms with Crippen LogP contribution in [0.4, 0.5) is 11.4 Å². The molecule has 0 bridgehead atoms. The zero-order chi connectivity index (χ0) is 14.8. The van der Waals surface area contributed by atoms with Crippen molar-refractivity contribution >= 4 is 22.3 Å². The molecule has 6 nitrogen and oxygen atoms in total. The molecule has 0 aliphatic rings. The van der Waals surface area contributed by atoms with Gasteiger partial charge in [0, 0.05) is 29.4 Å². The molecule has 3 rings (SSSR count). The minimum absolute atomic E-state index is 0.113. The molecule has 1 aromatic heterocycles. The number of anilines is 1. The Kier molecular flexibility index (Phi) is 3.12. The van der Waals surface area contributed by atoms with Crippen molar-refractivity contribution in [3.05, 3.63) is 64.8 Å². The molecule has 0 radical (unpaired) electrons. The third kappa shape index (κ3) is 2.59. The van der Waals surface area contributed by atoms with Crippen molar-refractivity contribution in [2.45, 2.75) is 0 Å². The number of nitrogen functional groups attached to an aromatic ring is 1. The summed E-state index contributed by atoms with van der Waals surface area (Å²) in [5, 5.41) is 11.8. The molecular weight excluding hydrogens is 270 g/mol. The van der Waals surface area contributed by atoms with Crippen molar-refractivity contribution in [2.24, 2.45) is 0 Å². The Balaban J connectivity index is 2.05. The van der Waals surface area contributed by atoms with Gasteiger partial charge in [0.05, 0.1) is 11.0 Å². The molecule has 0 saturated heterocycles. The number of hydrogen-bond donors (Lipinski definition) is 1. The van der Waals surface area contributed by atoms with Crippen LogP contribution in [0.2, 0.25) is 0 Å². The van der Waals surface area contributed by atoms with Crippen LogP contribution in [0.3, 0.4) is 0 Å². The second-order valence-corrected chi connectivity index (χ2v) is 4.45. The van der Waals surface area contributed by atoms with Gasteiger partial charge in [-0.05, 0) is 12.1 Å². The van der Waals surface area contributed by atoms with Gasteiger partial charge in [0.15, 0.2) is 5.75 Å². The Morgan fingerprint density at radius 2 is 1.95 bits per heavy atom. The van der Waals surface area contributed by atoms with Crippen molar-refractivity contribution in [3.63, 3.8) is 0 Å². The predicted molar refractivity (Wildman–Crippen MR) is 79.3 cm³/mol. The van der Waals surface area contributed by atoms with Crippen LogP contribution in [0, 0.1) is 10.1 Å². The van der Waals surface area contributed by atoms with Crippen molar-refractivity contribution in [2.75, 3.05) is 5.73 Å².